The van der Waals surface area contributed by atoms with Crippen LogP contribution in [0.2, 0.25) is 0 Å². The summed E-state index contributed by atoms with van der Waals surface area (Å²) in [5.41, 5.74) is -0.0634. The van der Waals surface area contributed by atoms with Gasteiger partial charge in [0.25, 0.3) is 16.1 Å². The predicted molar refractivity (Wildman–Crippen MR) is 48.0 cm³/mol. The summed E-state index contributed by atoms with van der Waals surface area (Å²) in [6.45, 7) is 6.72. The second-order valence-electron chi connectivity index (χ2n) is 2.24. The summed E-state index contributed by atoms with van der Waals surface area (Å²) >= 11 is 0. The molecule has 1 aromatic carbocycles. The van der Waals surface area contributed by atoms with Gasteiger partial charge in [0.2, 0.25) is 5.69 Å². The zero-order valence-electron chi connectivity index (χ0n) is 6.84. The summed E-state index contributed by atoms with van der Waals surface area (Å²) in [5, 5.41) is 0. The van der Waals surface area contributed by atoms with Crippen molar-refractivity contribution in [1.29, 1.82) is 0 Å². The van der Waals surface area contributed by atoms with Gasteiger partial charge in [0, 0.05) is 0 Å². The number of isocyanates is 1. The highest BCUT2D eigenvalue weighted by Gasteiger charge is 2.16. The molecule has 0 heterocycles. The molecule has 6 heteroatoms. The molecule has 0 N–H and O–H groups in total. The van der Waals surface area contributed by atoms with E-state index in [0.717, 1.165) is 6.08 Å². The third-order valence-electron chi connectivity index (χ3n) is 1.42. The Labute approximate surface area is 80.6 Å². The molecule has 70 valence electrons. The molecule has 5 nitrogen and oxygen atoms in total. The van der Waals surface area contributed by atoms with E-state index >= 15 is 0 Å². The van der Waals surface area contributed by atoms with Gasteiger partial charge in [-0.15, -0.1) is 0 Å². The fourth-order valence-electron chi connectivity index (χ4n) is 0.866. The van der Waals surface area contributed by atoms with Crippen molar-refractivity contribution in [3.63, 3.8) is 0 Å². The Morgan fingerprint density at radius 3 is 2.57 bits per heavy atom. The number of hydrogen-bond donors (Lipinski definition) is 0. The molecule has 0 fully saturated rings. The van der Waals surface area contributed by atoms with Crippen LogP contribution in [0.25, 0.3) is 4.85 Å². The van der Waals surface area contributed by atoms with Crippen molar-refractivity contribution in [1.82, 2.24) is 0 Å². The third-order valence-corrected chi connectivity index (χ3v) is 2.64. The quantitative estimate of drug-likeness (QED) is 0.417. The van der Waals surface area contributed by atoms with Gasteiger partial charge in [-0.25, -0.2) is 9.64 Å². The number of nitrogens with zero attached hydrogens (tertiary/aromatic N) is 2. The van der Waals surface area contributed by atoms with Gasteiger partial charge >= 0.3 is 0 Å². The van der Waals surface area contributed by atoms with Gasteiger partial charge in [-0.2, -0.15) is 8.42 Å². The smallest absolute Gasteiger partial charge is 0.237 e. The van der Waals surface area contributed by atoms with Gasteiger partial charge in [0.1, 0.15) is 0 Å². The maximum atomic E-state index is 11.2. The molecule has 0 aliphatic carbocycles. The van der Waals surface area contributed by atoms with Crippen molar-refractivity contribution in [2.45, 2.75) is 4.90 Å². The Kier molecular flexibility index (Phi) is 2.77. The van der Waals surface area contributed by atoms with Crippen molar-refractivity contribution < 1.29 is 13.2 Å². The van der Waals surface area contributed by atoms with Gasteiger partial charge in [-0.1, -0.05) is 28.7 Å². The minimum absolute atomic E-state index is 0.0634. The maximum absolute atomic E-state index is 11.2. The molecule has 0 atom stereocenters. The third kappa shape index (κ3) is 1.85. The van der Waals surface area contributed by atoms with E-state index in [-0.39, 0.29) is 10.6 Å². The number of para-hydroxylation sites is 1. The average Bonchev–Trinajstić information content (AvgIpc) is 2.18. The van der Waals surface area contributed by atoms with Crippen LogP contribution in [-0.2, 0) is 14.8 Å². The van der Waals surface area contributed by atoms with E-state index in [4.69, 9.17) is 6.57 Å². The summed E-state index contributed by atoms with van der Waals surface area (Å²) < 4.78 is 25.1. The van der Waals surface area contributed by atoms with Gasteiger partial charge in [0.05, 0.1) is 11.5 Å². The lowest BCUT2D eigenvalue weighted by Crippen LogP contribution is -1.95. The van der Waals surface area contributed by atoms with Crippen LogP contribution in [0.3, 0.4) is 0 Å². The van der Waals surface area contributed by atoms with Gasteiger partial charge in [0.15, 0.2) is 0 Å². The topological polar surface area (TPSA) is 67.9 Å². The second kappa shape index (κ2) is 3.83. The van der Waals surface area contributed by atoms with Crippen LogP contribution in [0.15, 0.2) is 33.6 Å². The Balaban J connectivity index is 3.49. The molecule has 14 heavy (non-hydrogen) atoms. The molecular formula is C8H4N2O3S. The molecule has 0 radical (unpaired) electrons. The molecule has 0 bridgehead atoms. The minimum atomic E-state index is -4.07. The Bertz CT molecular complexity index is 536. The molecule has 0 unspecified atom stereocenters. The lowest BCUT2D eigenvalue weighted by Gasteiger charge is -1.97. The molecule has 1 aromatic rings. The lowest BCUT2D eigenvalue weighted by atomic mass is 10.3. The maximum Gasteiger partial charge on any atom is 0.283 e. The van der Waals surface area contributed by atoms with Crippen LogP contribution in [-0.4, -0.2) is 14.5 Å². The highest BCUT2D eigenvalue weighted by molar-refractivity contribution is 7.90. The molecule has 0 spiro atoms. The van der Waals surface area contributed by atoms with Gasteiger partial charge in [-0.3, -0.25) is 0 Å². The molecule has 0 aliphatic heterocycles. The molecule has 0 saturated carbocycles. The van der Waals surface area contributed by atoms with Crippen LogP contribution < -0.4 is 0 Å². The summed E-state index contributed by atoms with van der Waals surface area (Å²) in [6, 6.07) is 5.52. The zero-order valence-corrected chi connectivity index (χ0v) is 7.65. The van der Waals surface area contributed by atoms with Crippen LogP contribution in [0.4, 0.5) is 5.69 Å². The Morgan fingerprint density at radius 1 is 1.36 bits per heavy atom. The number of hydrogen-bond acceptors (Lipinski definition) is 3. The van der Waals surface area contributed by atoms with E-state index in [0.29, 0.717) is 0 Å². The van der Waals surface area contributed by atoms with Crippen LogP contribution in [0.5, 0.6) is 0 Å². The summed E-state index contributed by atoms with van der Waals surface area (Å²) in [7, 11) is -4.07. The van der Waals surface area contributed by atoms with Crippen LogP contribution in [0, 0.1) is 6.57 Å². The number of carbonyl (C=O) groups excluding carboxylic acids is 1. The summed E-state index contributed by atoms with van der Waals surface area (Å²) in [4.78, 5) is 12.6. The number of rotatable bonds is 2. The molecule has 0 aliphatic rings. The monoisotopic (exact) mass is 208 g/mol. The van der Waals surface area contributed by atoms with Gasteiger partial charge in [-0.05, 0) is 0 Å². The number of benzene rings is 1. The fourth-order valence-corrected chi connectivity index (χ4v) is 1.69. The largest absolute Gasteiger partial charge is 0.283 e. The summed E-state index contributed by atoms with van der Waals surface area (Å²) in [6.07, 6.45) is 0.942. The van der Waals surface area contributed by atoms with Crippen LogP contribution in [0.1, 0.15) is 0 Å². The van der Waals surface area contributed by atoms with Crippen molar-refractivity contribution in [2.75, 3.05) is 0 Å². The van der Waals surface area contributed by atoms with E-state index in [1.807, 2.05) is 0 Å². The Morgan fingerprint density at radius 2 is 2.00 bits per heavy atom. The van der Waals surface area contributed by atoms with Crippen molar-refractivity contribution in [2.24, 2.45) is 4.40 Å². The molecule has 0 aromatic heterocycles. The Hall–Kier alpha value is -1.96. The van der Waals surface area contributed by atoms with Crippen molar-refractivity contribution in [3.8, 4) is 0 Å². The van der Waals surface area contributed by atoms with E-state index in [9.17, 15) is 13.2 Å². The fraction of sp³-hybridized carbons (Fsp3) is 0. The van der Waals surface area contributed by atoms with E-state index < -0.39 is 10.0 Å². The first-order valence-corrected chi connectivity index (χ1v) is 4.86. The molecule has 1 rings (SSSR count). The van der Waals surface area contributed by atoms with Gasteiger partial charge < -0.3 is 0 Å². The second-order valence-corrected chi connectivity index (χ2v) is 3.81. The van der Waals surface area contributed by atoms with Crippen LogP contribution >= 0.6 is 0 Å². The zero-order chi connectivity index (χ0) is 10.6. The predicted octanol–water partition coefficient (Wildman–Crippen LogP) is 1.26. The minimum Gasteiger partial charge on any atom is -0.237 e. The lowest BCUT2D eigenvalue weighted by molar-refractivity contribution is 0.563. The first-order valence-electron chi connectivity index (χ1n) is 3.42. The molecule has 0 amide bonds. The summed E-state index contributed by atoms with van der Waals surface area (Å²) in [5.74, 6) is 0. The first kappa shape index (κ1) is 10.1. The van der Waals surface area contributed by atoms with E-state index in [1.54, 1.807) is 0 Å². The highest BCUT2D eigenvalue weighted by Crippen LogP contribution is 2.24. The average molecular weight is 208 g/mol. The SMILES string of the molecule is [C-]#[N+]c1ccccc1S(=O)(=O)N=C=O. The highest BCUT2D eigenvalue weighted by atomic mass is 32.2. The normalized spacial score (nSPS) is 9.93. The van der Waals surface area contributed by atoms with E-state index in [1.165, 1.54) is 24.3 Å². The molecular weight excluding hydrogens is 204 g/mol. The van der Waals surface area contributed by atoms with Crippen molar-refractivity contribution in [3.05, 3.63) is 35.7 Å². The standard InChI is InChI=1S/C8H4N2O3S/c1-9-7-4-2-3-5-8(7)14(12,13)10-6-11/h2-5H. The number of sulfonamides is 1. The van der Waals surface area contributed by atoms with E-state index in [2.05, 4.69) is 9.24 Å². The van der Waals surface area contributed by atoms with Crippen molar-refractivity contribution >= 4 is 21.8 Å². The first-order chi connectivity index (χ1) is 6.61. The molecule has 0 saturated heterocycles.